The van der Waals surface area contributed by atoms with Crippen LogP contribution >= 0.6 is 11.3 Å². The van der Waals surface area contributed by atoms with Gasteiger partial charge in [-0.2, -0.15) is 0 Å². The van der Waals surface area contributed by atoms with Gasteiger partial charge in [0.2, 0.25) is 0 Å². The number of anilines is 1. The van der Waals surface area contributed by atoms with Crippen LogP contribution in [0.15, 0.2) is 82.1 Å². The summed E-state index contributed by atoms with van der Waals surface area (Å²) < 4.78 is 8.36. The highest BCUT2D eigenvalue weighted by Crippen LogP contribution is 2.41. The number of rotatable bonds is 5. The van der Waals surface area contributed by atoms with E-state index in [0.29, 0.717) is 6.61 Å². The molecule has 0 N–H and O–H groups in total. The Bertz CT molecular complexity index is 1810. The van der Waals surface area contributed by atoms with Crippen molar-refractivity contribution < 1.29 is 4.74 Å². The Morgan fingerprint density at radius 2 is 1.82 bits per heavy atom. The maximum Gasteiger partial charge on any atom is 0.271 e. The first-order valence-electron chi connectivity index (χ1n) is 14.3. The molecule has 1 unspecified atom stereocenters. The van der Waals surface area contributed by atoms with Crippen LogP contribution in [0.2, 0.25) is 0 Å². The molecule has 3 aliphatic rings. The van der Waals surface area contributed by atoms with Crippen LogP contribution in [0.3, 0.4) is 0 Å². The van der Waals surface area contributed by atoms with Crippen LogP contribution in [0.1, 0.15) is 60.0 Å². The van der Waals surface area contributed by atoms with Crippen molar-refractivity contribution in [3.63, 3.8) is 0 Å². The van der Waals surface area contributed by atoms with E-state index in [4.69, 9.17) is 9.73 Å². The number of ether oxygens (including phenoxy) is 1. The van der Waals surface area contributed by atoms with E-state index in [1.165, 1.54) is 52.1 Å². The molecular formula is C34H33N3O2S. The number of hydrogen-bond donors (Lipinski definition) is 0. The van der Waals surface area contributed by atoms with Gasteiger partial charge >= 0.3 is 0 Å². The van der Waals surface area contributed by atoms with Gasteiger partial charge < -0.3 is 9.64 Å². The minimum atomic E-state index is -0.184. The average Bonchev–Trinajstić information content (AvgIpc) is 3.62. The third kappa shape index (κ3) is 4.31. The van der Waals surface area contributed by atoms with Gasteiger partial charge in [-0.05, 0) is 97.7 Å². The lowest BCUT2D eigenvalue weighted by atomic mass is 9.83. The summed E-state index contributed by atoms with van der Waals surface area (Å²) in [6.07, 6.45) is 6.40. The summed E-state index contributed by atoms with van der Waals surface area (Å²) >= 11 is 1.49. The van der Waals surface area contributed by atoms with Gasteiger partial charge in [0, 0.05) is 24.3 Å². The molecule has 0 bridgehead atoms. The number of benzene rings is 3. The molecule has 40 heavy (non-hydrogen) atoms. The number of aromatic nitrogens is 1. The molecule has 0 amide bonds. The molecule has 0 spiro atoms. The van der Waals surface area contributed by atoms with Gasteiger partial charge in [-0.1, -0.05) is 53.8 Å². The molecular weight excluding hydrogens is 514 g/mol. The Labute approximate surface area is 238 Å². The van der Waals surface area contributed by atoms with Crippen LogP contribution in [0.25, 0.3) is 11.8 Å². The summed E-state index contributed by atoms with van der Waals surface area (Å²) in [5.74, 6) is 0.842. The number of nitrogens with zero attached hydrogens (tertiary/aromatic N) is 3. The Kier molecular flexibility index (Phi) is 6.43. The normalized spacial score (nSPS) is 18.3. The van der Waals surface area contributed by atoms with Crippen molar-refractivity contribution in [2.45, 2.75) is 45.6 Å². The highest BCUT2D eigenvalue weighted by molar-refractivity contribution is 7.07. The zero-order valence-electron chi connectivity index (χ0n) is 23.0. The van der Waals surface area contributed by atoms with Crippen molar-refractivity contribution >= 4 is 28.8 Å². The lowest BCUT2D eigenvalue weighted by Crippen LogP contribution is -2.38. The lowest BCUT2D eigenvalue weighted by Gasteiger charge is -2.30. The van der Waals surface area contributed by atoms with Crippen LogP contribution in [0.5, 0.6) is 5.75 Å². The second-order valence-electron chi connectivity index (χ2n) is 10.9. The molecule has 0 radical (unpaired) electrons. The Balaban J connectivity index is 1.38. The molecule has 0 saturated carbocycles. The quantitative estimate of drug-likeness (QED) is 0.326. The molecule has 1 atom stereocenters. The van der Waals surface area contributed by atoms with Gasteiger partial charge in [0.15, 0.2) is 4.80 Å². The predicted octanol–water partition coefficient (Wildman–Crippen LogP) is 5.63. The number of hydrogen-bond acceptors (Lipinski definition) is 5. The van der Waals surface area contributed by atoms with Crippen LogP contribution in [-0.4, -0.2) is 24.3 Å². The van der Waals surface area contributed by atoms with Gasteiger partial charge in [0.25, 0.3) is 5.56 Å². The molecule has 6 heteroatoms. The van der Waals surface area contributed by atoms with Gasteiger partial charge in [-0.15, -0.1) is 0 Å². The van der Waals surface area contributed by atoms with E-state index in [1.54, 1.807) is 0 Å². The molecule has 1 aromatic heterocycles. The van der Waals surface area contributed by atoms with Crippen molar-refractivity contribution in [3.05, 3.63) is 120 Å². The number of aryl methyl sites for hydroxylation is 2. The van der Waals surface area contributed by atoms with Crippen molar-refractivity contribution in [2.75, 3.05) is 24.6 Å². The number of allylic oxidation sites excluding steroid dienone is 1. The largest absolute Gasteiger partial charge is 0.494 e. The van der Waals surface area contributed by atoms with E-state index >= 15 is 0 Å². The van der Waals surface area contributed by atoms with Gasteiger partial charge in [-0.3, -0.25) is 9.36 Å². The van der Waals surface area contributed by atoms with Crippen molar-refractivity contribution in [1.29, 1.82) is 0 Å². The Morgan fingerprint density at radius 3 is 2.60 bits per heavy atom. The molecule has 1 fully saturated rings. The summed E-state index contributed by atoms with van der Waals surface area (Å²) in [6, 6.07) is 23.2. The summed E-state index contributed by atoms with van der Waals surface area (Å²) in [4.78, 5) is 22.5. The van der Waals surface area contributed by atoms with E-state index < -0.39 is 0 Å². The second-order valence-corrected chi connectivity index (χ2v) is 11.9. The standard InChI is InChI=1S/C34H33N3O2S/c1-3-39-27-15-11-24(12-16-27)32-29-17-13-23-8-4-5-9-28(23)31(29)35-34-37(32)33(38)30(40-34)21-25-10-14-26(20-22(25)2)36-18-6-7-19-36/h4-5,8-12,14-16,20-21,32H,3,6-7,13,17-19H2,1-2H3/b30-21+. The van der Waals surface area contributed by atoms with Crippen LogP contribution in [0.4, 0.5) is 5.69 Å². The lowest BCUT2D eigenvalue weighted by molar-refractivity contribution is 0.340. The molecule has 1 saturated heterocycles. The summed E-state index contributed by atoms with van der Waals surface area (Å²) in [5, 5.41) is 0. The molecule has 1 aliphatic carbocycles. The van der Waals surface area contributed by atoms with E-state index in [9.17, 15) is 4.79 Å². The number of thiazole rings is 1. The average molecular weight is 548 g/mol. The Morgan fingerprint density at radius 1 is 1.02 bits per heavy atom. The van der Waals surface area contributed by atoms with E-state index in [1.807, 2.05) is 23.6 Å². The highest BCUT2D eigenvalue weighted by atomic mass is 32.1. The summed E-state index contributed by atoms with van der Waals surface area (Å²) in [5.41, 5.74) is 9.41. The minimum absolute atomic E-state index is 0.0241. The first-order valence-corrected chi connectivity index (χ1v) is 15.1. The molecule has 2 aliphatic heterocycles. The highest BCUT2D eigenvalue weighted by Gasteiger charge is 2.32. The van der Waals surface area contributed by atoms with E-state index in [2.05, 4.69) is 72.5 Å². The fraction of sp³-hybridized carbons (Fsp3) is 0.294. The van der Waals surface area contributed by atoms with Gasteiger partial charge in [-0.25, -0.2) is 4.99 Å². The number of fused-ring (bicyclic) bond motifs is 3. The summed E-state index contributed by atoms with van der Waals surface area (Å²) in [7, 11) is 0. The van der Waals surface area contributed by atoms with E-state index in [0.717, 1.165) is 57.8 Å². The van der Waals surface area contributed by atoms with E-state index in [-0.39, 0.29) is 11.6 Å². The molecule has 5 nitrogen and oxygen atoms in total. The zero-order chi connectivity index (χ0) is 27.2. The minimum Gasteiger partial charge on any atom is -0.494 e. The smallest absolute Gasteiger partial charge is 0.271 e. The maximum absolute atomic E-state index is 14.1. The van der Waals surface area contributed by atoms with Gasteiger partial charge in [0.1, 0.15) is 5.75 Å². The predicted molar refractivity (Wildman–Crippen MR) is 163 cm³/mol. The fourth-order valence-corrected chi connectivity index (χ4v) is 7.36. The molecule has 3 heterocycles. The van der Waals surface area contributed by atoms with Crippen molar-refractivity contribution in [3.8, 4) is 5.75 Å². The third-order valence-corrected chi connectivity index (χ3v) is 9.37. The van der Waals surface area contributed by atoms with Gasteiger partial charge in [0.05, 0.1) is 22.9 Å². The topological polar surface area (TPSA) is 46.8 Å². The molecule has 3 aromatic carbocycles. The summed E-state index contributed by atoms with van der Waals surface area (Å²) in [6.45, 7) is 7.00. The van der Waals surface area contributed by atoms with Crippen LogP contribution < -0.4 is 24.5 Å². The maximum atomic E-state index is 14.1. The van der Waals surface area contributed by atoms with Crippen LogP contribution in [-0.2, 0) is 6.42 Å². The fourth-order valence-electron chi connectivity index (χ4n) is 6.37. The van der Waals surface area contributed by atoms with Crippen molar-refractivity contribution in [1.82, 2.24) is 4.57 Å². The second kappa shape index (κ2) is 10.3. The van der Waals surface area contributed by atoms with Crippen molar-refractivity contribution in [2.24, 2.45) is 4.99 Å². The van der Waals surface area contributed by atoms with Crippen LogP contribution in [0, 0.1) is 6.92 Å². The first kappa shape index (κ1) is 25.1. The third-order valence-electron chi connectivity index (χ3n) is 8.39. The monoisotopic (exact) mass is 547 g/mol. The molecule has 7 rings (SSSR count). The molecule has 202 valence electrons. The first-order chi connectivity index (χ1) is 19.6. The zero-order valence-corrected chi connectivity index (χ0v) is 23.8. The molecule has 4 aromatic rings. The Hall–Kier alpha value is -3.90. The SMILES string of the molecule is CCOc1ccc(C2C3=C(N=c4s/c(=C/c5ccc(N6CCCC6)cc5C)c(=O)n42)c2ccccc2CC3)cc1.